The number of aromatic nitrogens is 2. The van der Waals surface area contributed by atoms with Crippen LogP contribution in [0.25, 0.3) is 0 Å². The molecule has 0 fully saturated rings. The maximum absolute atomic E-state index is 12.5. The van der Waals surface area contributed by atoms with E-state index in [1.54, 1.807) is 36.7 Å². The van der Waals surface area contributed by atoms with E-state index in [1.807, 2.05) is 18.2 Å². The van der Waals surface area contributed by atoms with E-state index in [2.05, 4.69) is 10.4 Å². The van der Waals surface area contributed by atoms with Crippen LogP contribution in [0.4, 0.5) is 0 Å². The van der Waals surface area contributed by atoms with Crippen molar-refractivity contribution < 1.29 is 18.7 Å². The predicted octanol–water partition coefficient (Wildman–Crippen LogP) is 3.27. The average molecular weight is 402 g/mol. The Morgan fingerprint density at radius 1 is 1.21 bits per heavy atom. The van der Waals surface area contributed by atoms with Gasteiger partial charge in [0.2, 0.25) is 0 Å². The van der Waals surface area contributed by atoms with Gasteiger partial charge >= 0.3 is 5.97 Å². The number of rotatable bonds is 7. The Morgan fingerprint density at radius 2 is 2.00 bits per heavy atom. The van der Waals surface area contributed by atoms with Gasteiger partial charge in [-0.1, -0.05) is 29.8 Å². The average Bonchev–Trinajstić information content (AvgIpc) is 3.28. The van der Waals surface area contributed by atoms with Crippen molar-refractivity contribution >= 4 is 23.5 Å². The van der Waals surface area contributed by atoms with Crippen LogP contribution in [0.3, 0.4) is 0 Å². The molecule has 1 N–H and O–H groups in total. The summed E-state index contributed by atoms with van der Waals surface area (Å²) in [5.74, 6) is -0.385. The molecule has 3 rings (SSSR count). The maximum atomic E-state index is 12.5. The minimum Gasteiger partial charge on any atom is -0.467 e. The first kappa shape index (κ1) is 19.7. The highest BCUT2D eigenvalue weighted by Gasteiger charge is 2.21. The van der Waals surface area contributed by atoms with E-state index in [4.69, 9.17) is 20.8 Å². The summed E-state index contributed by atoms with van der Waals surface area (Å²) in [5.41, 5.74) is 2.43. The normalized spacial score (nSPS) is 10.7. The Hall–Kier alpha value is -3.06. The Labute approximate surface area is 167 Å². The van der Waals surface area contributed by atoms with Crippen molar-refractivity contribution in [2.45, 2.75) is 26.9 Å². The van der Waals surface area contributed by atoms with Crippen LogP contribution >= 0.6 is 11.6 Å². The fraction of sp³-hybridized carbons (Fsp3) is 0.250. The van der Waals surface area contributed by atoms with Gasteiger partial charge in [0.15, 0.2) is 6.61 Å². The number of benzene rings is 1. The molecule has 0 saturated heterocycles. The topological polar surface area (TPSA) is 86.4 Å². The maximum Gasteiger partial charge on any atom is 0.342 e. The van der Waals surface area contributed by atoms with Gasteiger partial charge in [-0.2, -0.15) is 5.10 Å². The third-order valence-corrected chi connectivity index (χ3v) is 4.61. The molecule has 146 valence electrons. The number of carbonyl (C=O) groups is 2. The second kappa shape index (κ2) is 8.75. The smallest absolute Gasteiger partial charge is 0.342 e. The lowest BCUT2D eigenvalue weighted by molar-refractivity contribution is -0.124. The lowest BCUT2D eigenvalue weighted by atomic mass is 10.2. The molecule has 0 atom stereocenters. The zero-order chi connectivity index (χ0) is 20.1. The van der Waals surface area contributed by atoms with Gasteiger partial charge in [-0.15, -0.1) is 0 Å². The molecule has 3 aromatic rings. The molecule has 7 nitrogen and oxygen atoms in total. The number of nitrogens with one attached hydrogen (secondary N) is 1. The molecule has 0 spiro atoms. The van der Waals surface area contributed by atoms with Crippen LogP contribution in [0.5, 0.6) is 0 Å². The summed E-state index contributed by atoms with van der Waals surface area (Å²) in [4.78, 5) is 24.3. The molecule has 0 saturated carbocycles. The number of esters is 1. The van der Waals surface area contributed by atoms with Crippen molar-refractivity contribution in [1.29, 1.82) is 0 Å². The SMILES string of the molecule is Cc1nn(Cc2ccccc2Cl)c(C)c1C(=O)OCC(=O)NCc1ccco1. The molecule has 0 unspecified atom stereocenters. The summed E-state index contributed by atoms with van der Waals surface area (Å²) in [6, 6.07) is 10.9. The molecule has 0 aliphatic carbocycles. The van der Waals surface area contributed by atoms with Crippen molar-refractivity contribution in [3.63, 3.8) is 0 Å². The van der Waals surface area contributed by atoms with E-state index in [0.717, 1.165) is 5.56 Å². The quantitative estimate of drug-likeness (QED) is 0.614. The van der Waals surface area contributed by atoms with Gasteiger partial charge in [0.25, 0.3) is 5.91 Å². The first-order chi connectivity index (χ1) is 13.5. The fourth-order valence-corrected chi connectivity index (χ4v) is 2.98. The molecule has 0 aliphatic heterocycles. The molecule has 0 aliphatic rings. The lowest BCUT2D eigenvalue weighted by Gasteiger charge is -2.08. The number of ether oxygens (including phenoxy) is 1. The van der Waals surface area contributed by atoms with Crippen LogP contribution in [0, 0.1) is 13.8 Å². The van der Waals surface area contributed by atoms with Gasteiger partial charge in [-0.05, 0) is 37.6 Å². The fourth-order valence-electron chi connectivity index (χ4n) is 2.79. The molecule has 0 bridgehead atoms. The Bertz CT molecular complexity index is 980. The van der Waals surface area contributed by atoms with E-state index < -0.39 is 11.9 Å². The number of amides is 1. The summed E-state index contributed by atoms with van der Waals surface area (Å²) in [5, 5.41) is 7.66. The van der Waals surface area contributed by atoms with Crippen LogP contribution in [0.1, 0.15) is 33.1 Å². The second-order valence-corrected chi connectivity index (χ2v) is 6.63. The minimum absolute atomic E-state index is 0.233. The third-order valence-electron chi connectivity index (χ3n) is 4.24. The van der Waals surface area contributed by atoms with Gasteiger partial charge in [0, 0.05) is 5.02 Å². The first-order valence-corrected chi connectivity index (χ1v) is 9.07. The van der Waals surface area contributed by atoms with Gasteiger partial charge in [0.1, 0.15) is 11.3 Å². The molecule has 0 radical (unpaired) electrons. The monoisotopic (exact) mass is 401 g/mol. The summed E-state index contributed by atoms with van der Waals surface area (Å²) in [6.07, 6.45) is 1.52. The number of carbonyl (C=O) groups excluding carboxylic acids is 2. The van der Waals surface area contributed by atoms with Gasteiger partial charge in [-0.25, -0.2) is 4.79 Å². The van der Waals surface area contributed by atoms with E-state index in [-0.39, 0.29) is 13.2 Å². The Kier molecular flexibility index (Phi) is 6.16. The Balaban J connectivity index is 1.61. The highest BCUT2D eigenvalue weighted by Crippen LogP contribution is 2.20. The minimum atomic E-state index is -0.589. The third kappa shape index (κ3) is 4.61. The largest absolute Gasteiger partial charge is 0.467 e. The van der Waals surface area contributed by atoms with Crippen molar-refractivity contribution in [3.8, 4) is 0 Å². The number of aryl methyl sites for hydroxylation is 1. The molecule has 28 heavy (non-hydrogen) atoms. The van der Waals surface area contributed by atoms with E-state index in [1.165, 1.54) is 6.26 Å². The molecule has 1 amide bonds. The van der Waals surface area contributed by atoms with Crippen LogP contribution in [0.15, 0.2) is 47.1 Å². The van der Waals surface area contributed by atoms with E-state index in [9.17, 15) is 9.59 Å². The van der Waals surface area contributed by atoms with Crippen molar-refractivity contribution in [2.75, 3.05) is 6.61 Å². The Morgan fingerprint density at radius 3 is 2.71 bits per heavy atom. The first-order valence-electron chi connectivity index (χ1n) is 8.69. The number of halogens is 1. The highest BCUT2D eigenvalue weighted by molar-refractivity contribution is 6.31. The highest BCUT2D eigenvalue weighted by atomic mass is 35.5. The summed E-state index contributed by atoms with van der Waals surface area (Å²) >= 11 is 6.20. The van der Waals surface area contributed by atoms with Crippen LogP contribution in [0.2, 0.25) is 5.02 Å². The predicted molar refractivity (Wildman–Crippen MR) is 103 cm³/mol. The summed E-state index contributed by atoms with van der Waals surface area (Å²) < 4.78 is 12.0. The zero-order valence-corrected chi connectivity index (χ0v) is 16.3. The molecular formula is C20H20ClN3O4. The number of nitrogens with zero attached hydrogens (tertiary/aromatic N) is 2. The van der Waals surface area contributed by atoms with Crippen LogP contribution < -0.4 is 5.32 Å². The second-order valence-electron chi connectivity index (χ2n) is 6.23. The summed E-state index contributed by atoms with van der Waals surface area (Å²) in [6.45, 7) is 3.79. The summed E-state index contributed by atoms with van der Waals surface area (Å²) in [7, 11) is 0. The van der Waals surface area contributed by atoms with Crippen molar-refractivity contribution in [2.24, 2.45) is 0 Å². The number of hydrogen-bond acceptors (Lipinski definition) is 5. The molecule has 8 heteroatoms. The van der Waals surface area contributed by atoms with Crippen molar-refractivity contribution in [1.82, 2.24) is 15.1 Å². The molecule has 2 aromatic heterocycles. The number of hydrogen-bond donors (Lipinski definition) is 1. The van der Waals surface area contributed by atoms with Gasteiger partial charge in [-0.3, -0.25) is 9.48 Å². The van der Waals surface area contributed by atoms with E-state index in [0.29, 0.717) is 34.3 Å². The zero-order valence-electron chi connectivity index (χ0n) is 15.6. The van der Waals surface area contributed by atoms with Gasteiger partial charge < -0.3 is 14.5 Å². The van der Waals surface area contributed by atoms with Gasteiger partial charge in [0.05, 0.1) is 30.7 Å². The van der Waals surface area contributed by atoms with Crippen LogP contribution in [-0.4, -0.2) is 28.3 Å². The molecule has 2 heterocycles. The van der Waals surface area contributed by atoms with E-state index >= 15 is 0 Å². The molecular weight excluding hydrogens is 382 g/mol. The number of furan rings is 1. The standard InChI is InChI=1S/C20H20ClN3O4/c1-13-19(14(2)24(23-13)11-15-6-3-4-8-17(15)21)20(26)28-12-18(25)22-10-16-7-5-9-27-16/h3-9H,10-12H2,1-2H3,(H,22,25). The molecule has 1 aromatic carbocycles. The van der Waals surface area contributed by atoms with Crippen molar-refractivity contribution in [3.05, 3.63) is 76.0 Å². The lowest BCUT2D eigenvalue weighted by Crippen LogP contribution is -2.28. The van der Waals surface area contributed by atoms with Crippen LogP contribution in [-0.2, 0) is 22.6 Å².